The monoisotopic (exact) mass is 445 g/mol. The number of hydrogen-bond acceptors (Lipinski definition) is 5. The molecule has 2 aromatic carbocycles. The molecule has 6 nitrogen and oxygen atoms in total. The number of hydrogen-bond donors (Lipinski definition) is 2. The Balaban J connectivity index is 1.80. The molecular weight excluding hydrogens is 430 g/mol. The summed E-state index contributed by atoms with van der Waals surface area (Å²) in [7, 11) is 1.61. The van der Waals surface area contributed by atoms with Crippen molar-refractivity contribution in [2.45, 2.75) is 6.92 Å². The average Bonchev–Trinajstić information content (AvgIpc) is 3.14. The van der Waals surface area contributed by atoms with E-state index in [1.165, 1.54) is 18.3 Å². The highest BCUT2D eigenvalue weighted by Crippen LogP contribution is 2.28. The molecule has 0 aliphatic heterocycles. The van der Waals surface area contributed by atoms with Crippen molar-refractivity contribution < 1.29 is 14.3 Å². The van der Waals surface area contributed by atoms with Crippen molar-refractivity contribution in [3.8, 4) is 16.3 Å². The lowest BCUT2D eigenvalue weighted by molar-refractivity contribution is -0.114. The van der Waals surface area contributed by atoms with Gasteiger partial charge in [0.1, 0.15) is 16.5 Å². The number of ether oxygens (including phenoxy) is 1. The number of nitrogens with one attached hydrogen (secondary N) is 2. The van der Waals surface area contributed by atoms with Gasteiger partial charge in [-0.2, -0.15) is 0 Å². The van der Waals surface area contributed by atoms with Crippen LogP contribution in [0.25, 0.3) is 10.6 Å². The van der Waals surface area contributed by atoms with Gasteiger partial charge in [-0.3, -0.25) is 9.59 Å². The largest absolute Gasteiger partial charge is 0.497 e. The Labute approximate surface area is 168 Å². The summed E-state index contributed by atoms with van der Waals surface area (Å²) in [5.41, 5.74) is 2.22. The number of methoxy groups -OCH3 is 1. The van der Waals surface area contributed by atoms with E-state index in [0.717, 1.165) is 20.8 Å². The highest BCUT2D eigenvalue weighted by molar-refractivity contribution is 9.10. The second-order valence-electron chi connectivity index (χ2n) is 5.59. The molecule has 0 aliphatic carbocycles. The van der Waals surface area contributed by atoms with Gasteiger partial charge in [-0.15, -0.1) is 11.3 Å². The standard InChI is InChI=1S/C19H16BrN3O3S/c1-11(24)21-15-8-5-13(20)9-16(15)22-18(25)17-10-27-19(23-17)12-3-6-14(26-2)7-4-12/h3-10H,1-2H3,(H,21,24)(H,22,25). The molecule has 1 aromatic heterocycles. The van der Waals surface area contributed by atoms with E-state index in [-0.39, 0.29) is 11.8 Å². The molecule has 0 fully saturated rings. The van der Waals surface area contributed by atoms with Crippen LogP contribution in [0.2, 0.25) is 0 Å². The molecule has 2 amide bonds. The molecule has 0 saturated heterocycles. The lowest BCUT2D eigenvalue weighted by Crippen LogP contribution is -2.15. The minimum Gasteiger partial charge on any atom is -0.497 e. The number of halogens is 1. The fourth-order valence-corrected chi connectivity index (χ4v) is 3.52. The summed E-state index contributed by atoms with van der Waals surface area (Å²) in [4.78, 5) is 28.4. The maximum Gasteiger partial charge on any atom is 0.275 e. The van der Waals surface area contributed by atoms with Gasteiger partial charge in [-0.1, -0.05) is 15.9 Å². The van der Waals surface area contributed by atoms with Gasteiger partial charge in [0.05, 0.1) is 18.5 Å². The Bertz CT molecular complexity index is 986. The van der Waals surface area contributed by atoms with Crippen LogP contribution in [0.15, 0.2) is 52.3 Å². The third-order valence-corrected chi connectivity index (χ3v) is 5.00. The number of thiazole rings is 1. The van der Waals surface area contributed by atoms with Gasteiger partial charge >= 0.3 is 0 Å². The summed E-state index contributed by atoms with van der Waals surface area (Å²) < 4.78 is 5.93. The number of amides is 2. The Morgan fingerprint density at radius 1 is 1.07 bits per heavy atom. The zero-order chi connectivity index (χ0) is 19.4. The first-order chi connectivity index (χ1) is 13.0. The second-order valence-corrected chi connectivity index (χ2v) is 7.37. The molecule has 3 aromatic rings. The molecule has 0 aliphatic rings. The van der Waals surface area contributed by atoms with E-state index in [9.17, 15) is 9.59 Å². The maximum atomic E-state index is 12.6. The normalized spacial score (nSPS) is 10.3. The van der Waals surface area contributed by atoms with E-state index in [1.807, 2.05) is 24.3 Å². The highest BCUT2D eigenvalue weighted by Gasteiger charge is 2.15. The second kappa shape index (κ2) is 8.32. The van der Waals surface area contributed by atoms with Gasteiger partial charge in [-0.05, 0) is 42.5 Å². The first-order valence-corrected chi connectivity index (χ1v) is 9.62. The molecule has 8 heteroatoms. The maximum absolute atomic E-state index is 12.6. The molecule has 0 spiro atoms. The number of anilines is 2. The van der Waals surface area contributed by atoms with E-state index in [0.29, 0.717) is 17.1 Å². The van der Waals surface area contributed by atoms with Crippen LogP contribution in [0.1, 0.15) is 17.4 Å². The van der Waals surface area contributed by atoms with Gasteiger partial charge in [0.15, 0.2) is 0 Å². The predicted molar refractivity (Wildman–Crippen MR) is 111 cm³/mol. The average molecular weight is 446 g/mol. The topological polar surface area (TPSA) is 80.3 Å². The third-order valence-electron chi connectivity index (χ3n) is 3.61. The van der Waals surface area contributed by atoms with Crippen LogP contribution in [0.5, 0.6) is 5.75 Å². The van der Waals surface area contributed by atoms with Crippen LogP contribution in [-0.4, -0.2) is 23.9 Å². The number of carbonyl (C=O) groups is 2. The van der Waals surface area contributed by atoms with E-state index in [1.54, 1.807) is 30.7 Å². The molecular formula is C19H16BrN3O3S. The lowest BCUT2D eigenvalue weighted by atomic mass is 10.2. The SMILES string of the molecule is COc1ccc(-c2nc(C(=O)Nc3cc(Br)ccc3NC(C)=O)cs2)cc1. The highest BCUT2D eigenvalue weighted by atomic mass is 79.9. The smallest absolute Gasteiger partial charge is 0.275 e. The molecule has 0 saturated carbocycles. The minimum absolute atomic E-state index is 0.219. The molecule has 0 radical (unpaired) electrons. The van der Waals surface area contributed by atoms with Crippen LogP contribution >= 0.6 is 27.3 Å². The first kappa shape index (κ1) is 19.1. The van der Waals surface area contributed by atoms with Gasteiger partial charge in [0.25, 0.3) is 5.91 Å². The van der Waals surface area contributed by atoms with Crippen molar-refractivity contribution in [2.75, 3.05) is 17.7 Å². The van der Waals surface area contributed by atoms with Crippen molar-refractivity contribution in [2.24, 2.45) is 0 Å². The van der Waals surface area contributed by atoms with E-state index in [2.05, 4.69) is 31.5 Å². The summed E-state index contributed by atoms with van der Waals surface area (Å²) in [5, 5.41) is 7.93. The number of carbonyl (C=O) groups excluding carboxylic acids is 2. The van der Waals surface area contributed by atoms with Crippen LogP contribution in [-0.2, 0) is 4.79 Å². The zero-order valence-corrected chi connectivity index (χ0v) is 17.0. The summed E-state index contributed by atoms with van der Waals surface area (Å²) in [6, 6.07) is 12.7. The van der Waals surface area contributed by atoms with Gasteiger partial charge in [0.2, 0.25) is 5.91 Å². The van der Waals surface area contributed by atoms with Gasteiger partial charge < -0.3 is 15.4 Å². The van der Waals surface area contributed by atoms with Crippen molar-refractivity contribution >= 4 is 50.5 Å². The summed E-state index contributed by atoms with van der Waals surface area (Å²) >= 11 is 4.75. The van der Waals surface area contributed by atoms with Crippen molar-refractivity contribution in [3.05, 3.63) is 58.0 Å². The van der Waals surface area contributed by atoms with Crippen molar-refractivity contribution in [3.63, 3.8) is 0 Å². The molecule has 138 valence electrons. The molecule has 0 atom stereocenters. The lowest BCUT2D eigenvalue weighted by Gasteiger charge is -2.11. The number of aromatic nitrogens is 1. The number of nitrogens with zero attached hydrogens (tertiary/aromatic N) is 1. The summed E-state index contributed by atoms with van der Waals surface area (Å²) in [6.45, 7) is 1.41. The van der Waals surface area contributed by atoms with Crippen LogP contribution in [0, 0.1) is 0 Å². The van der Waals surface area contributed by atoms with Crippen LogP contribution in [0.4, 0.5) is 11.4 Å². The molecule has 1 heterocycles. The quantitative estimate of drug-likeness (QED) is 0.591. The molecule has 27 heavy (non-hydrogen) atoms. The molecule has 2 N–H and O–H groups in total. The van der Waals surface area contributed by atoms with E-state index in [4.69, 9.17) is 4.74 Å². The summed E-state index contributed by atoms with van der Waals surface area (Å²) in [5.74, 6) is 0.187. The minimum atomic E-state index is -0.351. The van der Waals surface area contributed by atoms with Gasteiger partial charge in [-0.25, -0.2) is 4.98 Å². The van der Waals surface area contributed by atoms with E-state index >= 15 is 0 Å². The number of rotatable bonds is 5. The molecule has 0 unspecified atom stereocenters. The van der Waals surface area contributed by atoms with Crippen LogP contribution < -0.4 is 15.4 Å². The first-order valence-electron chi connectivity index (χ1n) is 7.94. The Kier molecular flexibility index (Phi) is 5.88. The van der Waals surface area contributed by atoms with Crippen molar-refractivity contribution in [1.29, 1.82) is 0 Å². The Hall–Kier alpha value is -2.71. The fourth-order valence-electron chi connectivity index (χ4n) is 2.35. The number of benzene rings is 2. The Morgan fingerprint density at radius 2 is 1.81 bits per heavy atom. The molecule has 3 rings (SSSR count). The van der Waals surface area contributed by atoms with Gasteiger partial charge in [0, 0.05) is 22.3 Å². The molecule has 0 bridgehead atoms. The summed E-state index contributed by atoms with van der Waals surface area (Å²) in [6.07, 6.45) is 0. The van der Waals surface area contributed by atoms with Crippen molar-refractivity contribution in [1.82, 2.24) is 4.98 Å². The predicted octanol–water partition coefficient (Wildman–Crippen LogP) is 4.79. The van der Waals surface area contributed by atoms with E-state index < -0.39 is 0 Å². The fraction of sp³-hybridized carbons (Fsp3) is 0.105. The van der Waals surface area contributed by atoms with Crippen LogP contribution in [0.3, 0.4) is 0 Å². The zero-order valence-electron chi connectivity index (χ0n) is 14.6. The Morgan fingerprint density at radius 3 is 2.48 bits per heavy atom. The third kappa shape index (κ3) is 4.72.